The van der Waals surface area contributed by atoms with Crippen LogP contribution in [0.1, 0.15) is 53.7 Å². The highest BCUT2D eigenvalue weighted by atomic mass is 16.8. The van der Waals surface area contributed by atoms with Crippen LogP contribution in [-0.2, 0) is 23.7 Å². The SMILES string of the molecule is CC(C)(C)OC(=O)N1CCCC2(CN(C[C@H]3O[C@@H](n4ccc5c(N)ncnc54)[C@@H]4OC(C)(C)O[C@@H]43)CCO2)C1. The van der Waals surface area contributed by atoms with Gasteiger partial charge in [0.15, 0.2) is 12.0 Å². The molecule has 1 unspecified atom stereocenters. The third-order valence-electron chi connectivity index (χ3n) is 7.90. The van der Waals surface area contributed by atoms with E-state index in [4.69, 9.17) is 29.4 Å². The molecule has 12 nitrogen and oxygen atoms in total. The number of ether oxygens (including phenoxy) is 5. The quantitative estimate of drug-likeness (QED) is 0.616. The zero-order valence-corrected chi connectivity index (χ0v) is 23.5. The van der Waals surface area contributed by atoms with Crippen LogP contribution < -0.4 is 5.73 Å². The highest BCUT2D eigenvalue weighted by Gasteiger charge is 2.56. The minimum atomic E-state index is -0.726. The molecule has 2 aromatic heterocycles. The number of nitrogen functional groups attached to an aromatic ring is 1. The molecule has 5 atom stereocenters. The Morgan fingerprint density at radius 3 is 2.77 bits per heavy atom. The van der Waals surface area contributed by atoms with Crippen molar-refractivity contribution in [1.29, 1.82) is 0 Å². The van der Waals surface area contributed by atoms with Crippen molar-refractivity contribution in [2.75, 3.05) is 45.1 Å². The minimum Gasteiger partial charge on any atom is -0.444 e. The lowest BCUT2D eigenvalue weighted by Gasteiger charge is -2.48. The van der Waals surface area contributed by atoms with Crippen LogP contribution in [0.25, 0.3) is 11.0 Å². The van der Waals surface area contributed by atoms with Gasteiger partial charge in [-0.2, -0.15) is 0 Å². The molecule has 6 heterocycles. The second-order valence-corrected chi connectivity index (χ2v) is 12.6. The molecule has 0 radical (unpaired) electrons. The van der Waals surface area contributed by atoms with Crippen LogP contribution >= 0.6 is 0 Å². The van der Waals surface area contributed by atoms with Gasteiger partial charge in [0.1, 0.15) is 41.7 Å². The number of hydrogen-bond acceptors (Lipinski definition) is 10. The molecule has 12 heteroatoms. The molecule has 2 N–H and O–H groups in total. The van der Waals surface area contributed by atoms with E-state index in [2.05, 4.69) is 14.9 Å². The Labute approximate surface area is 228 Å². The largest absolute Gasteiger partial charge is 0.444 e. The van der Waals surface area contributed by atoms with Crippen LogP contribution in [0, 0.1) is 0 Å². The number of piperidine rings is 1. The van der Waals surface area contributed by atoms with E-state index in [-0.39, 0.29) is 24.4 Å². The molecule has 1 amide bonds. The lowest BCUT2D eigenvalue weighted by molar-refractivity contribution is -0.201. The molecule has 4 aliphatic rings. The Kier molecular flexibility index (Phi) is 6.54. The Hall–Kier alpha value is -2.51. The van der Waals surface area contributed by atoms with Crippen LogP contribution in [0.5, 0.6) is 0 Å². The summed E-state index contributed by atoms with van der Waals surface area (Å²) in [5.74, 6) is -0.295. The number of rotatable bonds is 3. The number of amides is 1. The summed E-state index contributed by atoms with van der Waals surface area (Å²) in [6.45, 7) is 13.5. The average Bonchev–Trinajstić information content (AvgIpc) is 3.50. The second kappa shape index (κ2) is 9.55. The summed E-state index contributed by atoms with van der Waals surface area (Å²) >= 11 is 0. The van der Waals surface area contributed by atoms with E-state index in [1.54, 1.807) is 4.90 Å². The van der Waals surface area contributed by atoms with Crippen LogP contribution in [0.3, 0.4) is 0 Å². The standard InChI is InChI=1S/C27H40N6O6/c1-25(2,3)39-24(34)32-9-6-8-27(15-32)14-31(11-12-35-27)13-18-19-20(38-26(4,5)37-19)23(36-18)33-10-7-17-21(28)29-16-30-22(17)33/h7,10,16,18-20,23H,6,8-9,11-15H2,1-5H3,(H2,28,29,30)/t18-,19-,20-,23-,27?/m1/s1. The molecule has 0 saturated carbocycles. The fraction of sp³-hybridized carbons (Fsp3) is 0.741. The molecule has 4 saturated heterocycles. The summed E-state index contributed by atoms with van der Waals surface area (Å²) in [5.41, 5.74) is 5.82. The van der Waals surface area contributed by atoms with E-state index < -0.39 is 23.2 Å². The number of aromatic nitrogens is 3. The third-order valence-corrected chi connectivity index (χ3v) is 7.90. The first kappa shape index (κ1) is 26.7. The average molecular weight is 545 g/mol. The lowest BCUT2D eigenvalue weighted by atomic mass is 9.90. The summed E-state index contributed by atoms with van der Waals surface area (Å²) in [6, 6.07) is 1.91. The molecule has 0 aromatic carbocycles. The number of nitrogens with zero attached hydrogens (tertiary/aromatic N) is 5. The predicted octanol–water partition coefficient (Wildman–Crippen LogP) is 2.53. The molecule has 4 fully saturated rings. The molecule has 214 valence electrons. The fourth-order valence-corrected chi connectivity index (χ4v) is 6.39. The Balaban J connectivity index is 1.18. The zero-order chi connectivity index (χ0) is 27.6. The van der Waals surface area contributed by atoms with E-state index >= 15 is 0 Å². The second-order valence-electron chi connectivity index (χ2n) is 12.6. The van der Waals surface area contributed by atoms with Gasteiger partial charge in [-0.3, -0.25) is 4.90 Å². The van der Waals surface area contributed by atoms with Crippen LogP contribution in [-0.4, -0.2) is 105 Å². The third kappa shape index (κ3) is 5.20. The molecular weight excluding hydrogens is 504 g/mol. The van der Waals surface area contributed by atoms with Crippen molar-refractivity contribution in [3.05, 3.63) is 18.6 Å². The number of hydrogen-bond donors (Lipinski definition) is 1. The maximum absolute atomic E-state index is 12.8. The summed E-state index contributed by atoms with van der Waals surface area (Å²) in [5, 5.41) is 0.779. The van der Waals surface area contributed by atoms with Gasteiger partial charge < -0.3 is 38.9 Å². The number of morpholine rings is 1. The normalized spacial score (nSPS) is 33.1. The number of anilines is 1. The number of nitrogens with two attached hydrogens (primary N) is 1. The maximum atomic E-state index is 12.8. The van der Waals surface area contributed by atoms with Gasteiger partial charge in [-0.25, -0.2) is 14.8 Å². The topological polar surface area (TPSA) is 126 Å². The van der Waals surface area contributed by atoms with Crippen LogP contribution in [0.4, 0.5) is 10.6 Å². The summed E-state index contributed by atoms with van der Waals surface area (Å²) in [6.07, 6.45) is 3.68. The van der Waals surface area contributed by atoms with Gasteiger partial charge in [0.25, 0.3) is 0 Å². The van der Waals surface area contributed by atoms with Gasteiger partial charge in [0, 0.05) is 32.4 Å². The van der Waals surface area contributed by atoms with Crippen molar-refractivity contribution in [3.63, 3.8) is 0 Å². The monoisotopic (exact) mass is 544 g/mol. The first-order chi connectivity index (χ1) is 18.4. The smallest absolute Gasteiger partial charge is 0.410 e. The molecule has 4 aliphatic heterocycles. The number of fused-ring (bicyclic) bond motifs is 2. The lowest BCUT2D eigenvalue weighted by Crippen LogP contribution is -2.61. The summed E-state index contributed by atoms with van der Waals surface area (Å²) < 4.78 is 33.4. The first-order valence-electron chi connectivity index (χ1n) is 13.8. The van der Waals surface area contributed by atoms with E-state index in [0.717, 1.165) is 24.8 Å². The van der Waals surface area contributed by atoms with Crippen molar-refractivity contribution in [2.45, 2.75) is 89.0 Å². The van der Waals surface area contributed by atoms with E-state index in [1.807, 2.05) is 51.4 Å². The molecule has 0 aliphatic carbocycles. The molecule has 2 aromatic rings. The maximum Gasteiger partial charge on any atom is 0.410 e. The van der Waals surface area contributed by atoms with Crippen molar-refractivity contribution >= 4 is 22.9 Å². The Morgan fingerprint density at radius 2 is 1.97 bits per heavy atom. The zero-order valence-electron chi connectivity index (χ0n) is 23.5. The van der Waals surface area contributed by atoms with Crippen LogP contribution in [0.2, 0.25) is 0 Å². The summed E-state index contributed by atoms with van der Waals surface area (Å²) in [4.78, 5) is 25.5. The number of likely N-dealkylation sites (tertiary alicyclic amines) is 1. The summed E-state index contributed by atoms with van der Waals surface area (Å²) in [7, 11) is 0. The van der Waals surface area contributed by atoms with E-state index in [0.29, 0.717) is 44.3 Å². The van der Waals surface area contributed by atoms with Crippen molar-refractivity contribution in [1.82, 2.24) is 24.3 Å². The predicted molar refractivity (Wildman–Crippen MR) is 142 cm³/mol. The van der Waals surface area contributed by atoms with E-state index in [1.165, 1.54) is 6.33 Å². The first-order valence-corrected chi connectivity index (χ1v) is 13.8. The van der Waals surface area contributed by atoms with Gasteiger partial charge in [-0.1, -0.05) is 0 Å². The van der Waals surface area contributed by atoms with Gasteiger partial charge in [-0.15, -0.1) is 0 Å². The van der Waals surface area contributed by atoms with Gasteiger partial charge >= 0.3 is 6.09 Å². The molecule has 39 heavy (non-hydrogen) atoms. The van der Waals surface area contributed by atoms with Gasteiger partial charge in [0.2, 0.25) is 0 Å². The number of carbonyl (C=O) groups excluding carboxylic acids is 1. The molecule has 6 rings (SSSR count). The van der Waals surface area contributed by atoms with Gasteiger partial charge in [-0.05, 0) is 53.5 Å². The minimum absolute atomic E-state index is 0.223. The van der Waals surface area contributed by atoms with Crippen molar-refractivity contribution in [2.24, 2.45) is 0 Å². The Bertz CT molecular complexity index is 1230. The molecule has 1 spiro atoms. The fourth-order valence-electron chi connectivity index (χ4n) is 6.39. The Morgan fingerprint density at radius 1 is 1.18 bits per heavy atom. The molecular formula is C27H40N6O6. The van der Waals surface area contributed by atoms with Crippen molar-refractivity contribution in [3.8, 4) is 0 Å². The van der Waals surface area contributed by atoms with Gasteiger partial charge in [0.05, 0.1) is 24.1 Å². The van der Waals surface area contributed by atoms with Crippen LogP contribution in [0.15, 0.2) is 18.6 Å². The highest BCUT2D eigenvalue weighted by Crippen LogP contribution is 2.44. The number of carbonyl (C=O) groups is 1. The van der Waals surface area contributed by atoms with E-state index in [9.17, 15) is 4.79 Å². The highest BCUT2D eigenvalue weighted by molar-refractivity contribution is 5.86. The van der Waals surface area contributed by atoms with Crippen molar-refractivity contribution < 1.29 is 28.5 Å². The molecule has 0 bridgehead atoms.